The maximum Gasteiger partial charge on any atom is 0.330 e. The maximum atomic E-state index is 13.0. The molecular formula is C24H42ClN3O8SSi2. The number of ether oxygens (including phenoxy) is 1. The quantitative estimate of drug-likeness (QED) is 0.357. The molecule has 1 aromatic heterocycles. The number of aryl methyl sites for hydroxylation is 1. The molecule has 0 amide bonds. The van der Waals surface area contributed by atoms with Crippen LogP contribution >= 0.6 is 11.6 Å². The number of aromatic nitrogens is 2. The fourth-order valence-electron chi connectivity index (χ4n) is 4.00. The smallest absolute Gasteiger partial charge is 0.330 e. The number of nitrogens with zero attached hydrogens (tertiary/aromatic N) is 1. The van der Waals surface area contributed by atoms with Crippen molar-refractivity contribution in [3.05, 3.63) is 42.7 Å². The summed E-state index contributed by atoms with van der Waals surface area (Å²) < 4.78 is 52.0. The van der Waals surface area contributed by atoms with Gasteiger partial charge in [0.25, 0.3) is 5.56 Å². The summed E-state index contributed by atoms with van der Waals surface area (Å²) >= 11 is 6.24. The van der Waals surface area contributed by atoms with E-state index in [9.17, 15) is 18.0 Å². The molecule has 0 saturated carbocycles. The van der Waals surface area contributed by atoms with E-state index in [-0.39, 0.29) is 27.9 Å². The van der Waals surface area contributed by atoms with Crippen molar-refractivity contribution in [2.24, 2.45) is 5.73 Å². The highest BCUT2D eigenvalue weighted by Crippen LogP contribution is 2.54. The summed E-state index contributed by atoms with van der Waals surface area (Å²) in [5, 5.41) is -0.482. The van der Waals surface area contributed by atoms with Gasteiger partial charge in [-0.05, 0) is 43.2 Å². The first-order chi connectivity index (χ1) is 17.4. The van der Waals surface area contributed by atoms with Crippen LogP contribution in [0.5, 0.6) is 0 Å². The van der Waals surface area contributed by atoms with Crippen molar-refractivity contribution in [3.63, 3.8) is 0 Å². The van der Waals surface area contributed by atoms with Gasteiger partial charge in [-0.2, -0.15) is 8.42 Å². The minimum atomic E-state index is -4.45. The first kappa shape index (κ1) is 32.3. The molecular weight excluding hydrogens is 582 g/mol. The number of hydrogen-bond donors (Lipinski definition) is 2. The molecule has 3 heterocycles. The first-order valence-electron chi connectivity index (χ1n) is 12.8. The number of nitrogens with one attached hydrogen (secondary N) is 1. The topological polar surface area (TPSA) is 152 Å². The SMILES string of the molecule is Cc1cn([C@@H]2O[C@H](CO[Si](C)(C)C(C)(C)C)C3(OS(=O)(=O)C(Cl)=C3N)[C@H]2O[Si](C)(C)C(C)(C)C)c(=O)[nH]c1=O. The van der Waals surface area contributed by atoms with Crippen LogP contribution in [0.3, 0.4) is 0 Å². The van der Waals surface area contributed by atoms with E-state index in [4.69, 9.17) is 35.1 Å². The zero-order chi connectivity index (χ0) is 30.1. The second-order valence-corrected chi connectivity index (χ2v) is 25.0. The normalized spacial score (nSPS) is 28.1. The van der Waals surface area contributed by atoms with Gasteiger partial charge < -0.3 is 19.3 Å². The third kappa shape index (κ3) is 5.50. The van der Waals surface area contributed by atoms with Crippen molar-refractivity contribution >= 4 is 38.4 Å². The molecule has 222 valence electrons. The van der Waals surface area contributed by atoms with E-state index in [0.29, 0.717) is 0 Å². The number of hydrogen-bond acceptors (Lipinski definition) is 9. The summed E-state index contributed by atoms with van der Waals surface area (Å²) in [6.07, 6.45) is -2.20. The van der Waals surface area contributed by atoms with Crippen LogP contribution in [0, 0.1) is 6.92 Å². The number of halogens is 1. The van der Waals surface area contributed by atoms with Gasteiger partial charge in [0.15, 0.2) is 32.8 Å². The largest absolute Gasteiger partial charge is 0.414 e. The van der Waals surface area contributed by atoms with Crippen LogP contribution in [0.4, 0.5) is 0 Å². The predicted octanol–water partition coefficient (Wildman–Crippen LogP) is 3.62. The van der Waals surface area contributed by atoms with Crippen LogP contribution in [-0.4, -0.2) is 59.0 Å². The Morgan fingerprint density at radius 3 is 2.10 bits per heavy atom. The van der Waals surface area contributed by atoms with E-state index in [2.05, 4.69) is 25.8 Å². The van der Waals surface area contributed by atoms with Crippen LogP contribution in [0.2, 0.25) is 36.3 Å². The highest BCUT2D eigenvalue weighted by Gasteiger charge is 2.69. The van der Waals surface area contributed by atoms with Gasteiger partial charge in [-0.1, -0.05) is 53.1 Å². The highest BCUT2D eigenvalue weighted by atomic mass is 35.5. The molecule has 0 radical (unpaired) electrons. The van der Waals surface area contributed by atoms with Crippen LogP contribution in [0.25, 0.3) is 0 Å². The van der Waals surface area contributed by atoms with Gasteiger partial charge in [0.1, 0.15) is 12.2 Å². The second-order valence-electron chi connectivity index (χ2n) is 13.4. The van der Waals surface area contributed by atoms with Crippen molar-refractivity contribution < 1.29 is 26.2 Å². The average Bonchev–Trinajstić information content (AvgIpc) is 3.14. The summed E-state index contributed by atoms with van der Waals surface area (Å²) in [7, 11) is -9.51. The lowest BCUT2D eigenvalue weighted by Crippen LogP contribution is -2.59. The number of nitrogens with two attached hydrogens (primary N) is 1. The number of H-pyrrole nitrogens is 1. The molecule has 15 heteroatoms. The van der Waals surface area contributed by atoms with Gasteiger partial charge in [-0.15, -0.1) is 0 Å². The Morgan fingerprint density at radius 2 is 1.64 bits per heavy atom. The van der Waals surface area contributed by atoms with Crippen molar-refractivity contribution in [1.29, 1.82) is 0 Å². The number of rotatable bonds is 6. The molecule has 2 aliphatic rings. The Labute approximate surface area is 237 Å². The van der Waals surface area contributed by atoms with Gasteiger partial charge in [0, 0.05) is 11.8 Å². The summed E-state index contributed by atoms with van der Waals surface area (Å²) in [6.45, 7) is 21.8. The lowest BCUT2D eigenvalue weighted by atomic mass is 9.89. The zero-order valence-corrected chi connectivity index (χ0v) is 28.2. The van der Waals surface area contributed by atoms with E-state index in [1.54, 1.807) is 6.92 Å². The van der Waals surface area contributed by atoms with Crippen molar-refractivity contribution in [1.82, 2.24) is 9.55 Å². The van der Waals surface area contributed by atoms with Gasteiger partial charge >= 0.3 is 15.8 Å². The molecule has 3 rings (SSSR count). The molecule has 3 N–H and O–H groups in total. The van der Waals surface area contributed by atoms with E-state index in [1.165, 1.54) is 10.8 Å². The minimum Gasteiger partial charge on any atom is -0.414 e. The Kier molecular flexibility index (Phi) is 8.21. The third-order valence-electron chi connectivity index (χ3n) is 8.61. The minimum absolute atomic E-state index is 0.0954. The average molecular weight is 624 g/mol. The molecule has 2 aliphatic heterocycles. The lowest BCUT2D eigenvalue weighted by molar-refractivity contribution is -0.0563. The summed E-state index contributed by atoms with van der Waals surface area (Å²) in [4.78, 5) is 27.5. The van der Waals surface area contributed by atoms with Gasteiger partial charge in [0.2, 0.25) is 0 Å². The van der Waals surface area contributed by atoms with Crippen LogP contribution in [0.15, 0.2) is 25.8 Å². The van der Waals surface area contributed by atoms with E-state index >= 15 is 0 Å². The monoisotopic (exact) mass is 623 g/mol. The van der Waals surface area contributed by atoms with Crippen LogP contribution < -0.4 is 17.0 Å². The molecule has 0 aromatic carbocycles. The lowest BCUT2D eigenvalue weighted by Gasteiger charge is -2.43. The molecule has 4 atom stereocenters. The van der Waals surface area contributed by atoms with Crippen molar-refractivity contribution in [3.8, 4) is 0 Å². The standard InChI is InChI=1S/C24H42ClN3O8SSi2/c1-14-12-28(21(30)27-19(14)29)20-17(35-39(10,11)23(5,6)7)24(16(26)18(25)37(31,32)36-24)15(34-20)13-33-38(8,9)22(2,3)4/h12,15,17,20H,13,26H2,1-11H3,(H,27,29,30)/t15-,17+,20-,24?/m1/s1. The third-order valence-corrected chi connectivity index (χ3v) is 19.5. The first-order valence-corrected chi connectivity index (χ1v) is 20.4. The van der Waals surface area contributed by atoms with Gasteiger partial charge in [0.05, 0.1) is 12.3 Å². The second kappa shape index (κ2) is 9.93. The maximum absolute atomic E-state index is 13.0. The van der Waals surface area contributed by atoms with Crippen LogP contribution in [-0.2, 0) is 27.9 Å². The molecule has 1 saturated heterocycles. The fraction of sp³-hybridized carbons (Fsp3) is 0.750. The summed E-state index contributed by atoms with van der Waals surface area (Å²) in [6, 6.07) is 0. The highest BCUT2D eigenvalue weighted by molar-refractivity contribution is 7.92. The van der Waals surface area contributed by atoms with Crippen molar-refractivity contribution in [2.75, 3.05) is 6.61 Å². The zero-order valence-electron chi connectivity index (χ0n) is 24.6. The molecule has 1 spiro atoms. The number of aromatic amines is 1. The van der Waals surface area contributed by atoms with E-state index in [0.717, 1.165) is 0 Å². The molecule has 11 nitrogen and oxygen atoms in total. The van der Waals surface area contributed by atoms with Crippen molar-refractivity contribution in [2.45, 2.75) is 109 Å². The molecule has 1 fully saturated rings. The predicted molar refractivity (Wildman–Crippen MR) is 155 cm³/mol. The summed E-state index contributed by atoms with van der Waals surface area (Å²) in [5.74, 6) is 0. The fourth-order valence-corrected chi connectivity index (χ4v) is 7.69. The Hall–Kier alpha value is -1.27. The summed E-state index contributed by atoms with van der Waals surface area (Å²) in [5.41, 5.74) is 3.23. The van der Waals surface area contributed by atoms with Gasteiger partial charge in [-0.25, -0.2) is 8.98 Å². The molecule has 39 heavy (non-hydrogen) atoms. The molecule has 0 aliphatic carbocycles. The Balaban J connectivity index is 2.29. The molecule has 0 bridgehead atoms. The molecule has 1 aromatic rings. The Morgan fingerprint density at radius 1 is 1.10 bits per heavy atom. The van der Waals surface area contributed by atoms with E-state index < -0.39 is 66.4 Å². The molecule has 1 unspecified atom stereocenters. The Bertz CT molecular complexity index is 1390. The van der Waals surface area contributed by atoms with E-state index in [1.807, 2.05) is 47.0 Å². The van der Waals surface area contributed by atoms with Crippen LogP contribution in [0.1, 0.15) is 53.3 Å². The van der Waals surface area contributed by atoms with Gasteiger partial charge in [-0.3, -0.25) is 14.3 Å².